The molecule has 1 N–H and O–H groups in total. The van der Waals surface area contributed by atoms with Gasteiger partial charge in [-0.05, 0) is 25.8 Å². The molecule has 3 heteroatoms. The van der Waals surface area contributed by atoms with Crippen molar-refractivity contribution in [2.75, 3.05) is 0 Å². The first kappa shape index (κ1) is 13.2. The van der Waals surface area contributed by atoms with Gasteiger partial charge in [0.15, 0.2) is 5.78 Å². The first-order valence-electron chi connectivity index (χ1n) is 5.55. The molecule has 0 amide bonds. The van der Waals surface area contributed by atoms with E-state index >= 15 is 0 Å². The zero-order valence-electron chi connectivity index (χ0n) is 10.3. The minimum absolute atomic E-state index is 0.115. The molecule has 0 fully saturated rings. The lowest BCUT2D eigenvalue weighted by Crippen LogP contribution is -2.08. The number of ketones is 1. The molecule has 90 valence electrons. The van der Waals surface area contributed by atoms with E-state index in [9.17, 15) is 14.7 Å². The maximum absolute atomic E-state index is 11.6. The number of Topliss-reactive ketones (excluding diaryl/α,β-unsaturated/α-hetero) is 1. The van der Waals surface area contributed by atoms with Gasteiger partial charge in [-0.25, -0.2) is 4.79 Å². The molecule has 0 aliphatic heterocycles. The minimum atomic E-state index is -1.00. The summed E-state index contributed by atoms with van der Waals surface area (Å²) in [6.45, 7) is 5.06. The standard InChI is InChI=1S/C14H16O3/c1-4-10-7-6-8-12(9(3)15)13(10)11(5-2)14(16)17/h5-8H,4H2,1-3H3,(H,16,17)/b11-5+. The number of allylic oxidation sites excluding steroid dienone is 1. The number of hydrogen-bond acceptors (Lipinski definition) is 2. The Kier molecular flexibility index (Phi) is 4.21. The summed E-state index contributed by atoms with van der Waals surface area (Å²) in [6, 6.07) is 5.31. The first-order chi connectivity index (χ1) is 8.02. The number of rotatable bonds is 4. The number of carbonyl (C=O) groups is 2. The van der Waals surface area contributed by atoms with Crippen molar-refractivity contribution in [3.63, 3.8) is 0 Å². The van der Waals surface area contributed by atoms with Gasteiger partial charge in [0.1, 0.15) is 0 Å². The van der Waals surface area contributed by atoms with Gasteiger partial charge in [0, 0.05) is 11.1 Å². The normalized spacial score (nSPS) is 11.4. The van der Waals surface area contributed by atoms with Gasteiger partial charge in [-0.15, -0.1) is 0 Å². The molecule has 0 bridgehead atoms. The van der Waals surface area contributed by atoms with Crippen LogP contribution in [0, 0.1) is 0 Å². The molecular weight excluding hydrogens is 216 g/mol. The molecule has 3 nitrogen and oxygen atoms in total. The van der Waals surface area contributed by atoms with Gasteiger partial charge in [-0.3, -0.25) is 4.79 Å². The van der Waals surface area contributed by atoms with Crippen LogP contribution in [0.1, 0.15) is 42.3 Å². The number of hydrogen-bond donors (Lipinski definition) is 1. The fourth-order valence-electron chi connectivity index (χ4n) is 1.88. The molecule has 0 saturated carbocycles. The lowest BCUT2D eigenvalue weighted by molar-refractivity contribution is -0.130. The molecule has 0 saturated heterocycles. The van der Waals surface area contributed by atoms with Gasteiger partial charge in [-0.1, -0.05) is 31.2 Å². The molecule has 0 atom stereocenters. The molecule has 1 aromatic rings. The van der Waals surface area contributed by atoms with Crippen LogP contribution >= 0.6 is 0 Å². The SMILES string of the molecule is C/C=C(/C(=O)O)c1c(CC)cccc1C(C)=O. The molecule has 1 rings (SSSR count). The van der Waals surface area contributed by atoms with Crippen LogP contribution in [0.5, 0.6) is 0 Å². The molecule has 0 aliphatic rings. The molecule has 0 heterocycles. The highest BCUT2D eigenvalue weighted by atomic mass is 16.4. The second kappa shape index (κ2) is 5.43. The van der Waals surface area contributed by atoms with E-state index < -0.39 is 5.97 Å². The van der Waals surface area contributed by atoms with Gasteiger partial charge in [0.2, 0.25) is 0 Å². The molecular formula is C14H16O3. The Balaban J connectivity index is 3.57. The van der Waals surface area contributed by atoms with Crippen molar-refractivity contribution in [3.05, 3.63) is 41.0 Å². The largest absolute Gasteiger partial charge is 0.478 e. The van der Waals surface area contributed by atoms with Crippen molar-refractivity contribution in [1.29, 1.82) is 0 Å². The van der Waals surface area contributed by atoms with E-state index in [4.69, 9.17) is 0 Å². The van der Waals surface area contributed by atoms with E-state index in [1.807, 2.05) is 13.0 Å². The molecule has 0 unspecified atom stereocenters. The second-order valence-corrected chi connectivity index (χ2v) is 3.76. The van der Waals surface area contributed by atoms with E-state index in [0.29, 0.717) is 17.5 Å². The molecule has 0 aliphatic carbocycles. The third kappa shape index (κ3) is 2.61. The Morgan fingerprint density at radius 1 is 1.35 bits per heavy atom. The number of aryl methyl sites for hydroxylation is 1. The number of carboxylic acid groups (broad SMARTS) is 1. The smallest absolute Gasteiger partial charge is 0.335 e. The van der Waals surface area contributed by atoms with Gasteiger partial charge in [-0.2, -0.15) is 0 Å². The summed E-state index contributed by atoms with van der Waals surface area (Å²) >= 11 is 0. The monoisotopic (exact) mass is 232 g/mol. The quantitative estimate of drug-likeness (QED) is 0.641. The summed E-state index contributed by atoms with van der Waals surface area (Å²) < 4.78 is 0. The summed E-state index contributed by atoms with van der Waals surface area (Å²) in [5, 5.41) is 9.17. The Morgan fingerprint density at radius 3 is 2.41 bits per heavy atom. The molecule has 0 radical (unpaired) electrons. The maximum Gasteiger partial charge on any atom is 0.335 e. The van der Waals surface area contributed by atoms with Gasteiger partial charge >= 0.3 is 5.97 Å². The van der Waals surface area contributed by atoms with Crippen molar-refractivity contribution in [1.82, 2.24) is 0 Å². The fraction of sp³-hybridized carbons (Fsp3) is 0.286. The molecule has 0 aromatic heterocycles. The summed E-state index contributed by atoms with van der Waals surface area (Å²) in [6.07, 6.45) is 2.23. The van der Waals surface area contributed by atoms with Crippen molar-refractivity contribution >= 4 is 17.3 Å². The van der Waals surface area contributed by atoms with Crippen LogP contribution in [-0.2, 0) is 11.2 Å². The Bertz CT molecular complexity index is 484. The zero-order chi connectivity index (χ0) is 13.0. The Labute approximate surface area is 101 Å². The summed E-state index contributed by atoms with van der Waals surface area (Å²) in [7, 11) is 0. The van der Waals surface area contributed by atoms with E-state index in [1.54, 1.807) is 19.1 Å². The predicted octanol–water partition coefficient (Wildman–Crippen LogP) is 2.94. The van der Waals surface area contributed by atoms with Gasteiger partial charge in [0.05, 0.1) is 5.57 Å². The highest BCUT2D eigenvalue weighted by Gasteiger charge is 2.18. The van der Waals surface area contributed by atoms with E-state index in [1.165, 1.54) is 13.0 Å². The van der Waals surface area contributed by atoms with Gasteiger partial charge < -0.3 is 5.11 Å². The van der Waals surface area contributed by atoms with Crippen molar-refractivity contribution in [3.8, 4) is 0 Å². The van der Waals surface area contributed by atoms with Crippen LogP contribution in [-0.4, -0.2) is 16.9 Å². The molecule has 1 aromatic carbocycles. The van der Waals surface area contributed by atoms with Gasteiger partial charge in [0.25, 0.3) is 0 Å². The van der Waals surface area contributed by atoms with E-state index in [-0.39, 0.29) is 11.4 Å². The third-order valence-corrected chi connectivity index (χ3v) is 2.70. The lowest BCUT2D eigenvalue weighted by atomic mass is 9.91. The zero-order valence-corrected chi connectivity index (χ0v) is 10.3. The van der Waals surface area contributed by atoms with Crippen LogP contribution in [0.4, 0.5) is 0 Å². The highest BCUT2D eigenvalue weighted by Crippen LogP contribution is 2.25. The summed E-state index contributed by atoms with van der Waals surface area (Å²) in [5.41, 5.74) is 2.10. The van der Waals surface area contributed by atoms with Crippen LogP contribution in [0.2, 0.25) is 0 Å². The van der Waals surface area contributed by atoms with E-state index in [0.717, 1.165) is 5.56 Å². The topological polar surface area (TPSA) is 54.4 Å². The summed E-state index contributed by atoms with van der Waals surface area (Å²) in [5.74, 6) is -1.12. The highest BCUT2D eigenvalue weighted by molar-refractivity contribution is 6.18. The molecule has 0 spiro atoms. The number of carboxylic acids is 1. The number of benzene rings is 1. The average molecular weight is 232 g/mol. The second-order valence-electron chi connectivity index (χ2n) is 3.76. The summed E-state index contributed by atoms with van der Waals surface area (Å²) in [4.78, 5) is 22.8. The average Bonchev–Trinajstić information content (AvgIpc) is 2.29. The van der Waals surface area contributed by atoms with Crippen molar-refractivity contribution in [2.45, 2.75) is 27.2 Å². The van der Waals surface area contributed by atoms with Crippen LogP contribution in [0.3, 0.4) is 0 Å². The van der Waals surface area contributed by atoms with E-state index in [2.05, 4.69) is 0 Å². The van der Waals surface area contributed by atoms with Crippen LogP contribution in [0.15, 0.2) is 24.3 Å². The minimum Gasteiger partial charge on any atom is -0.478 e. The number of carbonyl (C=O) groups excluding carboxylic acids is 1. The molecule has 17 heavy (non-hydrogen) atoms. The van der Waals surface area contributed by atoms with Crippen LogP contribution in [0.25, 0.3) is 5.57 Å². The van der Waals surface area contributed by atoms with Crippen LogP contribution < -0.4 is 0 Å². The first-order valence-corrected chi connectivity index (χ1v) is 5.55. The maximum atomic E-state index is 11.6. The Hall–Kier alpha value is -1.90. The van der Waals surface area contributed by atoms with Crippen molar-refractivity contribution < 1.29 is 14.7 Å². The fourth-order valence-corrected chi connectivity index (χ4v) is 1.88. The van der Waals surface area contributed by atoms with Crippen molar-refractivity contribution in [2.24, 2.45) is 0 Å². The predicted molar refractivity (Wildman–Crippen MR) is 67.1 cm³/mol. The number of aliphatic carboxylic acids is 1. The lowest BCUT2D eigenvalue weighted by Gasteiger charge is -2.12. The Morgan fingerprint density at radius 2 is 2.00 bits per heavy atom. The third-order valence-electron chi connectivity index (χ3n) is 2.70.